The van der Waals surface area contributed by atoms with Gasteiger partial charge in [-0.1, -0.05) is 38.1 Å². The summed E-state index contributed by atoms with van der Waals surface area (Å²) in [7, 11) is -3.39. The highest BCUT2D eigenvalue weighted by Crippen LogP contribution is 2.20. The molecule has 0 amide bonds. The Morgan fingerprint density at radius 2 is 1.79 bits per heavy atom. The predicted molar refractivity (Wildman–Crippen MR) is 76.9 cm³/mol. The van der Waals surface area contributed by atoms with Crippen LogP contribution >= 0.6 is 0 Å². The normalized spacial score (nSPS) is 18.3. The molecule has 0 bridgehead atoms. The van der Waals surface area contributed by atoms with E-state index in [1.165, 1.54) is 9.87 Å². The Kier molecular flexibility index (Phi) is 4.28. The van der Waals surface area contributed by atoms with Gasteiger partial charge in [-0.3, -0.25) is 0 Å². The number of nitrogens with zero attached hydrogens (tertiary/aromatic N) is 1. The third-order valence-electron chi connectivity index (χ3n) is 3.77. The van der Waals surface area contributed by atoms with Gasteiger partial charge in [0.25, 0.3) is 10.2 Å². The van der Waals surface area contributed by atoms with Crippen molar-refractivity contribution in [3.63, 3.8) is 0 Å². The molecule has 1 aliphatic rings. The number of nitrogens with one attached hydrogen (secondary N) is 1. The molecular weight excluding hydrogens is 260 g/mol. The van der Waals surface area contributed by atoms with Crippen molar-refractivity contribution < 1.29 is 8.42 Å². The van der Waals surface area contributed by atoms with Crippen molar-refractivity contribution in [3.05, 3.63) is 35.4 Å². The highest BCUT2D eigenvalue weighted by molar-refractivity contribution is 7.87. The van der Waals surface area contributed by atoms with E-state index in [2.05, 4.69) is 10.8 Å². The zero-order valence-corrected chi connectivity index (χ0v) is 12.6. The molecule has 1 aromatic carbocycles. The summed E-state index contributed by atoms with van der Waals surface area (Å²) in [5, 5.41) is 0. The summed E-state index contributed by atoms with van der Waals surface area (Å²) in [4.78, 5) is 0. The molecule has 2 rings (SSSR count). The molecule has 1 aromatic rings. The molecule has 0 fully saturated rings. The maximum absolute atomic E-state index is 12.3. The van der Waals surface area contributed by atoms with Gasteiger partial charge in [0.15, 0.2) is 0 Å². The predicted octanol–water partition coefficient (Wildman–Crippen LogP) is 1.92. The van der Waals surface area contributed by atoms with Crippen LogP contribution in [0.4, 0.5) is 0 Å². The van der Waals surface area contributed by atoms with E-state index < -0.39 is 10.2 Å². The van der Waals surface area contributed by atoms with Crippen LogP contribution in [0.3, 0.4) is 0 Å². The van der Waals surface area contributed by atoms with Gasteiger partial charge in [0.1, 0.15) is 0 Å². The second kappa shape index (κ2) is 5.61. The summed E-state index contributed by atoms with van der Waals surface area (Å²) in [6.45, 7) is 6.95. The molecule has 0 radical (unpaired) electrons. The molecule has 0 unspecified atom stereocenters. The zero-order chi connectivity index (χ0) is 14.0. The topological polar surface area (TPSA) is 49.4 Å². The van der Waals surface area contributed by atoms with Crippen molar-refractivity contribution in [1.82, 2.24) is 9.03 Å². The molecule has 0 aliphatic carbocycles. The van der Waals surface area contributed by atoms with E-state index in [0.717, 1.165) is 12.0 Å². The fourth-order valence-electron chi connectivity index (χ4n) is 2.12. The van der Waals surface area contributed by atoms with Crippen molar-refractivity contribution >= 4 is 10.2 Å². The van der Waals surface area contributed by atoms with E-state index in [1.807, 2.05) is 39.0 Å². The molecule has 4 nitrogen and oxygen atoms in total. The average Bonchev–Trinajstić information content (AvgIpc) is 2.37. The Balaban J connectivity index is 2.12. The molecule has 0 aromatic heterocycles. The van der Waals surface area contributed by atoms with Crippen LogP contribution in [0.2, 0.25) is 0 Å². The van der Waals surface area contributed by atoms with E-state index >= 15 is 0 Å². The standard InChI is InChI=1S/C14H22N2O2S/c1-11(2)12(3)15-19(17,18)16-9-8-13-6-4-5-7-14(13)10-16/h4-7,11-12,15H,8-10H2,1-3H3/t12-/m1/s1. The number of hydrogen-bond acceptors (Lipinski definition) is 2. The molecule has 1 N–H and O–H groups in total. The largest absolute Gasteiger partial charge is 0.280 e. The zero-order valence-electron chi connectivity index (χ0n) is 11.8. The molecule has 0 saturated carbocycles. The van der Waals surface area contributed by atoms with Crippen LogP contribution in [0, 0.1) is 5.92 Å². The third-order valence-corrected chi connectivity index (χ3v) is 5.43. The van der Waals surface area contributed by atoms with Gasteiger partial charge in [-0.2, -0.15) is 17.4 Å². The summed E-state index contributed by atoms with van der Waals surface area (Å²) in [6.07, 6.45) is 0.785. The van der Waals surface area contributed by atoms with Crippen molar-refractivity contribution in [1.29, 1.82) is 0 Å². The minimum Gasteiger partial charge on any atom is -0.199 e. The summed E-state index contributed by atoms with van der Waals surface area (Å²) < 4.78 is 28.9. The van der Waals surface area contributed by atoms with Crippen LogP contribution in [-0.4, -0.2) is 25.3 Å². The van der Waals surface area contributed by atoms with Crippen molar-refractivity contribution in [2.45, 2.75) is 39.8 Å². The first kappa shape index (κ1) is 14.5. The van der Waals surface area contributed by atoms with Crippen LogP contribution < -0.4 is 4.72 Å². The van der Waals surface area contributed by atoms with Crippen molar-refractivity contribution in [3.8, 4) is 0 Å². The summed E-state index contributed by atoms with van der Waals surface area (Å²) in [5.74, 6) is 0.284. The van der Waals surface area contributed by atoms with Gasteiger partial charge >= 0.3 is 0 Å². The van der Waals surface area contributed by atoms with Gasteiger partial charge in [0.2, 0.25) is 0 Å². The van der Waals surface area contributed by atoms with Gasteiger partial charge in [0, 0.05) is 19.1 Å². The Morgan fingerprint density at radius 3 is 2.42 bits per heavy atom. The summed E-state index contributed by atoms with van der Waals surface area (Å²) in [5.41, 5.74) is 2.36. The van der Waals surface area contributed by atoms with Gasteiger partial charge in [-0.25, -0.2) is 0 Å². The van der Waals surface area contributed by atoms with Crippen LogP contribution in [0.1, 0.15) is 31.9 Å². The lowest BCUT2D eigenvalue weighted by Crippen LogP contribution is -2.47. The van der Waals surface area contributed by atoms with Crippen LogP contribution in [0.25, 0.3) is 0 Å². The van der Waals surface area contributed by atoms with Gasteiger partial charge in [0.05, 0.1) is 0 Å². The van der Waals surface area contributed by atoms with E-state index in [0.29, 0.717) is 13.1 Å². The first-order valence-electron chi connectivity index (χ1n) is 6.74. The molecule has 0 saturated heterocycles. The summed E-state index contributed by atoms with van der Waals surface area (Å²) in [6, 6.07) is 7.98. The lowest BCUT2D eigenvalue weighted by Gasteiger charge is -2.30. The monoisotopic (exact) mass is 282 g/mol. The number of rotatable bonds is 4. The Bertz CT molecular complexity index is 540. The number of fused-ring (bicyclic) bond motifs is 1. The van der Waals surface area contributed by atoms with Crippen LogP contribution in [0.15, 0.2) is 24.3 Å². The van der Waals surface area contributed by atoms with Gasteiger partial charge in [-0.15, -0.1) is 0 Å². The molecular formula is C14H22N2O2S. The lowest BCUT2D eigenvalue weighted by atomic mass is 10.0. The second-order valence-corrected chi connectivity index (χ2v) is 7.21. The lowest BCUT2D eigenvalue weighted by molar-refractivity contribution is 0.370. The number of benzene rings is 1. The highest BCUT2D eigenvalue weighted by Gasteiger charge is 2.28. The molecule has 1 atom stereocenters. The Morgan fingerprint density at radius 1 is 1.16 bits per heavy atom. The molecule has 19 heavy (non-hydrogen) atoms. The SMILES string of the molecule is CC(C)[C@@H](C)NS(=O)(=O)N1CCc2ccccc2C1. The van der Waals surface area contributed by atoms with Gasteiger partial charge < -0.3 is 0 Å². The number of hydrogen-bond donors (Lipinski definition) is 1. The van der Waals surface area contributed by atoms with Crippen molar-refractivity contribution in [2.75, 3.05) is 6.54 Å². The molecule has 1 aliphatic heterocycles. The minimum absolute atomic E-state index is 0.0535. The van der Waals surface area contributed by atoms with E-state index in [4.69, 9.17) is 0 Å². The maximum Gasteiger partial charge on any atom is 0.280 e. The Hall–Kier alpha value is -0.910. The fraction of sp³-hybridized carbons (Fsp3) is 0.571. The second-order valence-electron chi connectivity index (χ2n) is 5.51. The molecule has 5 heteroatoms. The molecule has 1 heterocycles. The van der Waals surface area contributed by atoms with Crippen LogP contribution in [0.5, 0.6) is 0 Å². The first-order valence-corrected chi connectivity index (χ1v) is 8.18. The molecule has 106 valence electrons. The fourth-order valence-corrected chi connectivity index (χ4v) is 3.65. The quantitative estimate of drug-likeness (QED) is 0.917. The average molecular weight is 282 g/mol. The van der Waals surface area contributed by atoms with E-state index in [9.17, 15) is 8.42 Å². The van der Waals surface area contributed by atoms with Gasteiger partial charge in [-0.05, 0) is 30.4 Å². The maximum atomic E-state index is 12.3. The smallest absolute Gasteiger partial charge is 0.199 e. The first-order chi connectivity index (χ1) is 8.90. The minimum atomic E-state index is -3.39. The summed E-state index contributed by atoms with van der Waals surface area (Å²) >= 11 is 0. The van der Waals surface area contributed by atoms with E-state index in [-0.39, 0.29) is 12.0 Å². The molecule has 0 spiro atoms. The highest BCUT2D eigenvalue weighted by atomic mass is 32.2. The van der Waals surface area contributed by atoms with Crippen LogP contribution in [-0.2, 0) is 23.2 Å². The van der Waals surface area contributed by atoms with Crippen molar-refractivity contribution in [2.24, 2.45) is 5.92 Å². The Labute approximate surface area is 116 Å². The van der Waals surface area contributed by atoms with E-state index in [1.54, 1.807) is 0 Å². The third kappa shape index (κ3) is 3.35.